The molecule has 0 saturated carbocycles. The van der Waals surface area contributed by atoms with E-state index in [0.717, 1.165) is 96.3 Å². The number of quaternary nitrogens is 1. The van der Waals surface area contributed by atoms with Gasteiger partial charge in [0.1, 0.15) is 19.8 Å². The van der Waals surface area contributed by atoms with Gasteiger partial charge >= 0.3 is 11.9 Å². The van der Waals surface area contributed by atoms with Gasteiger partial charge in [-0.05, 0) is 103 Å². The van der Waals surface area contributed by atoms with E-state index in [1.54, 1.807) is 0 Å². The first-order valence-electron chi connectivity index (χ1n) is 34.6. The number of phosphoric acid groups is 1. The van der Waals surface area contributed by atoms with Crippen LogP contribution >= 0.6 is 7.82 Å². The number of ether oxygens (including phenoxy) is 2. The summed E-state index contributed by atoms with van der Waals surface area (Å²) in [6.07, 6.45) is 90.2. The van der Waals surface area contributed by atoms with Crippen molar-refractivity contribution in [1.29, 1.82) is 0 Å². The zero-order valence-electron chi connectivity index (χ0n) is 55.1. The molecular weight excluding hydrogens is 1060 g/mol. The van der Waals surface area contributed by atoms with Crippen molar-refractivity contribution >= 4 is 19.8 Å². The van der Waals surface area contributed by atoms with Crippen molar-refractivity contribution in [2.45, 2.75) is 302 Å². The number of rotatable bonds is 63. The molecule has 9 nitrogen and oxygen atoms in total. The van der Waals surface area contributed by atoms with E-state index < -0.39 is 26.5 Å². The molecule has 0 aliphatic heterocycles. The first kappa shape index (κ1) is 80.7. The van der Waals surface area contributed by atoms with Gasteiger partial charge in [0.05, 0.1) is 27.7 Å². The van der Waals surface area contributed by atoms with Crippen LogP contribution in [0.3, 0.4) is 0 Å². The van der Waals surface area contributed by atoms with E-state index in [4.69, 9.17) is 18.5 Å². The van der Waals surface area contributed by atoms with E-state index in [0.29, 0.717) is 17.4 Å². The maximum absolute atomic E-state index is 12.9. The number of nitrogens with zero attached hydrogens (tertiary/aromatic N) is 1. The maximum atomic E-state index is 12.9. The molecule has 0 fully saturated rings. The van der Waals surface area contributed by atoms with Crippen molar-refractivity contribution in [2.24, 2.45) is 0 Å². The normalized spacial score (nSPS) is 13.8. The summed E-state index contributed by atoms with van der Waals surface area (Å²) in [5.41, 5.74) is 0. The first-order chi connectivity index (χ1) is 41.0. The lowest BCUT2D eigenvalue weighted by molar-refractivity contribution is -0.870. The Morgan fingerprint density at radius 3 is 1.02 bits per heavy atom. The number of likely N-dealkylation sites (N-methyl/N-ethyl adjacent to an activating group) is 1. The highest BCUT2D eigenvalue weighted by molar-refractivity contribution is 7.45. The molecule has 2 atom stereocenters. The summed E-state index contributed by atoms with van der Waals surface area (Å²) in [4.78, 5) is 38.1. The molecule has 0 saturated heterocycles. The zero-order valence-corrected chi connectivity index (χ0v) is 56.0. The predicted molar refractivity (Wildman–Crippen MR) is 360 cm³/mol. The fourth-order valence-corrected chi connectivity index (χ4v) is 10.2. The Morgan fingerprint density at radius 1 is 0.381 bits per heavy atom. The Bertz CT molecular complexity index is 1790. The van der Waals surface area contributed by atoms with Crippen molar-refractivity contribution in [1.82, 2.24) is 0 Å². The SMILES string of the molecule is CC/C=C\C/C=C\C/C=C\C/C=C\C/C=C\C/C=C\C/C=C\C/C=C\CCCCCCCCCCC(=O)OC(COC(=O)CCCCCCCCCCCCCCCCC/C=C\CCCCCCCCCC)COP(=O)([O-])OCC[N+](C)(C)C. The molecule has 0 aromatic carbocycles. The quantitative estimate of drug-likeness (QED) is 0.0195. The highest BCUT2D eigenvalue weighted by Gasteiger charge is 2.22. The van der Waals surface area contributed by atoms with E-state index >= 15 is 0 Å². The minimum Gasteiger partial charge on any atom is -0.756 e. The third kappa shape index (κ3) is 67.8. The monoisotopic (exact) mass is 1190 g/mol. The smallest absolute Gasteiger partial charge is 0.306 e. The molecule has 0 aliphatic rings. The number of unbranched alkanes of at least 4 members (excludes halogenated alkanes) is 31. The molecule has 484 valence electrons. The minimum atomic E-state index is -4.65. The van der Waals surface area contributed by atoms with Gasteiger partial charge in [-0.1, -0.05) is 290 Å². The molecule has 0 radical (unpaired) electrons. The molecule has 0 aromatic rings. The Hall–Kier alpha value is -3.33. The van der Waals surface area contributed by atoms with Gasteiger partial charge in [0.15, 0.2) is 6.10 Å². The average Bonchev–Trinajstić information content (AvgIpc) is 3.61. The van der Waals surface area contributed by atoms with Crippen LogP contribution in [0.2, 0.25) is 0 Å². The van der Waals surface area contributed by atoms with Crippen molar-refractivity contribution in [3.05, 3.63) is 109 Å². The van der Waals surface area contributed by atoms with E-state index in [2.05, 4.69) is 123 Å². The summed E-state index contributed by atoms with van der Waals surface area (Å²) in [5, 5.41) is 0. The van der Waals surface area contributed by atoms with E-state index in [9.17, 15) is 19.0 Å². The van der Waals surface area contributed by atoms with Crippen LogP contribution in [0.15, 0.2) is 109 Å². The molecule has 0 bridgehead atoms. The minimum absolute atomic E-state index is 0.0366. The molecule has 0 aromatic heterocycles. The third-order valence-corrected chi connectivity index (χ3v) is 15.7. The van der Waals surface area contributed by atoms with E-state index in [1.807, 2.05) is 21.1 Å². The van der Waals surface area contributed by atoms with Crippen molar-refractivity contribution < 1.29 is 42.1 Å². The summed E-state index contributed by atoms with van der Waals surface area (Å²) in [6, 6.07) is 0. The number of phosphoric ester groups is 1. The number of esters is 2. The molecule has 10 heteroatoms. The molecule has 0 heterocycles. The highest BCUT2D eigenvalue weighted by atomic mass is 31.2. The summed E-state index contributed by atoms with van der Waals surface area (Å²) in [5.74, 6) is -0.839. The highest BCUT2D eigenvalue weighted by Crippen LogP contribution is 2.38. The van der Waals surface area contributed by atoms with Crippen LogP contribution in [-0.4, -0.2) is 70.0 Å². The number of hydrogen-bond acceptors (Lipinski definition) is 8. The summed E-state index contributed by atoms with van der Waals surface area (Å²) in [6.45, 7) is 4.14. The molecule has 84 heavy (non-hydrogen) atoms. The summed E-state index contributed by atoms with van der Waals surface area (Å²) >= 11 is 0. The Labute approximate surface area is 518 Å². The second kappa shape index (κ2) is 64.2. The Kier molecular flexibility index (Phi) is 61.6. The fourth-order valence-electron chi connectivity index (χ4n) is 9.49. The second-order valence-electron chi connectivity index (χ2n) is 24.2. The Morgan fingerprint density at radius 2 is 0.679 bits per heavy atom. The van der Waals surface area contributed by atoms with Crippen molar-refractivity contribution in [2.75, 3.05) is 47.5 Å². The first-order valence-corrected chi connectivity index (χ1v) is 36.1. The lowest BCUT2D eigenvalue weighted by atomic mass is 10.0. The van der Waals surface area contributed by atoms with Gasteiger partial charge in [-0.3, -0.25) is 14.2 Å². The van der Waals surface area contributed by atoms with Gasteiger partial charge in [0.2, 0.25) is 0 Å². The van der Waals surface area contributed by atoms with Crippen molar-refractivity contribution in [3.63, 3.8) is 0 Å². The van der Waals surface area contributed by atoms with Gasteiger partial charge in [0.25, 0.3) is 7.82 Å². The van der Waals surface area contributed by atoms with Gasteiger partial charge in [-0.2, -0.15) is 0 Å². The largest absolute Gasteiger partial charge is 0.756 e. The van der Waals surface area contributed by atoms with Crippen LogP contribution in [-0.2, 0) is 32.7 Å². The summed E-state index contributed by atoms with van der Waals surface area (Å²) < 4.78 is 34.3. The number of carbonyl (C=O) groups is 2. The second-order valence-corrected chi connectivity index (χ2v) is 25.6. The molecule has 0 N–H and O–H groups in total. The van der Waals surface area contributed by atoms with Crippen LogP contribution in [0.1, 0.15) is 296 Å². The molecule has 0 spiro atoms. The third-order valence-electron chi connectivity index (χ3n) is 14.8. The molecule has 0 amide bonds. The standard InChI is InChI=1S/C74H130NO8P/c1-6-8-10-12-14-16-18-20-22-24-26-28-30-32-34-35-36-37-38-39-41-43-45-47-49-51-53-55-57-59-61-63-65-67-74(77)83-72(71-82-84(78,79)81-69-68-75(3,4)5)70-80-73(76)66-64-62-60-58-56-54-52-50-48-46-44-42-40-33-31-29-27-25-23-21-19-17-15-13-11-9-7-2/h8,10,14,16,20,22,25-28,32,34,36-37,39,41,45,47,72H,6-7,9,11-13,15,17-19,21,23-24,29-31,33,35,38,40,42-44,46,48-71H2,1-5H3/b10-8-,16-14-,22-20-,27-25-,28-26-,34-32-,37-36-,41-39-,47-45-. The molecule has 0 aliphatic carbocycles. The summed E-state index contributed by atoms with van der Waals surface area (Å²) in [7, 11) is 1.16. The molecule has 2 unspecified atom stereocenters. The van der Waals surface area contributed by atoms with Crippen LogP contribution in [0.4, 0.5) is 0 Å². The number of hydrogen-bond donors (Lipinski definition) is 0. The van der Waals surface area contributed by atoms with Crippen LogP contribution in [0.25, 0.3) is 0 Å². The molecular formula is C74H130NO8P. The number of allylic oxidation sites excluding steroid dienone is 18. The lowest BCUT2D eigenvalue weighted by Crippen LogP contribution is -2.37. The van der Waals surface area contributed by atoms with E-state index in [-0.39, 0.29) is 32.0 Å². The lowest BCUT2D eigenvalue weighted by Gasteiger charge is -2.28. The van der Waals surface area contributed by atoms with Gasteiger partial charge in [-0.15, -0.1) is 0 Å². The van der Waals surface area contributed by atoms with Crippen LogP contribution in [0, 0.1) is 0 Å². The van der Waals surface area contributed by atoms with E-state index in [1.165, 1.54) is 167 Å². The van der Waals surface area contributed by atoms with Crippen LogP contribution in [0.5, 0.6) is 0 Å². The zero-order chi connectivity index (χ0) is 61.2. The van der Waals surface area contributed by atoms with Crippen LogP contribution < -0.4 is 4.89 Å². The maximum Gasteiger partial charge on any atom is 0.306 e. The predicted octanol–water partition coefficient (Wildman–Crippen LogP) is 21.9. The van der Waals surface area contributed by atoms with Gasteiger partial charge in [-0.25, -0.2) is 0 Å². The molecule has 0 rings (SSSR count). The average molecular weight is 1190 g/mol. The topological polar surface area (TPSA) is 111 Å². The Balaban J connectivity index is 4.11. The fraction of sp³-hybridized carbons (Fsp3) is 0.730. The van der Waals surface area contributed by atoms with Gasteiger partial charge < -0.3 is 27.9 Å². The van der Waals surface area contributed by atoms with Gasteiger partial charge in [0, 0.05) is 12.8 Å². The number of carbonyl (C=O) groups excluding carboxylic acids is 2. The van der Waals surface area contributed by atoms with Crippen molar-refractivity contribution in [3.8, 4) is 0 Å².